The molecule has 0 atom stereocenters. The third-order valence-electron chi connectivity index (χ3n) is 3.19. The molecule has 0 saturated heterocycles. The lowest BCUT2D eigenvalue weighted by Crippen LogP contribution is -2.53. The van der Waals surface area contributed by atoms with Crippen molar-refractivity contribution in [2.24, 2.45) is 0 Å². The first kappa shape index (κ1) is 16.7. The number of rotatable bonds is 4. The Balaban J connectivity index is 3.03. The van der Waals surface area contributed by atoms with Crippen LogP contribution in [0.15, 0.2) is 12.1 Å². The molecule has 0 aliphatic carbocycles. The van der Waals surface area contributed by atoms with Gasteiger partial charge in [-0.05, 0) is 39.8 Å². The van der Waals surface area contributed by atoms with Crippen molar-refractivity contribution in [2.75, 3.05) is 0 Å². The first-order valence-electron chi connectivity index (χ1n) is 5.68. The van der Waals surface area contributed by atoms with Crippen molar-refractivity contribution >= 4 is 35.8 Å². The summed E-state index contributed by atoms with van der Waals surface area (Å²) < 4.78 is 19.0. The van der Waals surface area contributed by atoms with Gasteiger partial charge in [-0.15, -0.1) is 0 Å². The Morgan fingerprint density at radius 3 is 2.11 bits per heavy atom. The summed E-state index contributed by atoms with van der Waals surface area (Å²) in [5.74, 6) is -0.728. The van der Waals surface area contributed by atoms with Gasteiger partial charge in [-0.2, -0.15) is 0 Å². The van der Waals surface area contributed by atoms with E-state index >= 15 is 0 Å². The van der Waals surface area contributed by atoms with Gasteiger partial charge in [-0.3, -0.25) is 0 Å². The van der Waals surface area contributed by atoms with E-state index in [2.05, 4.69) is 0 Å². The number of aliphatic hydroxyl groups is 1. The molecule has 0 saturated carbocycles. The molecule has 0 radical (unpaired) electrons. The van der Waals surface area contributed by atoms with Crippen LogP contribution >= 0.6 is 23.2 Å². The second-order valence-corrected chi connectivity index (χ2v) is 6.14. The van der Waals surface area contributed by atoms with Crippen molar-refractivity contribution in [1.29, 1.82) is 0 Å². The molecule has 0 aromatic heterocycles. The molecule has 0 spiro atoms. The highest BCUT2D eigenvalue weighted by Gasteiger charge is 2.40. The molecule has 3 nitrogen and oxygen atoms in total. The van der Waals surface area contributed by atoms with E-state index < -0.39 is 24.1 Å². The van der Waals surface area contributed by atoms with Gasteiger partial charge in [0.15, 0.2) is 0 Å². The molecule has 0 heterocycles. The van der Waals surface area contributed by atoms with Crippen LogP contribution in [0.4, 0.5) is 4.39 Å². The van der Waals surface area contributed by atoms with Crippen LogP contribution in [0.3, 0.4) is 0 Å². The van der Waals surface area contributed by atoms with Crippen LogP contribution in [-0.2, 0) is 4.65 Å². The monoisotopic (exact) mass is 308 g/mol. The molecule has 0 aliphatic heterocycles. The first-order valence-corrected chi connectivity index (χ1v) is 6.44. The van der Waals surface area contributed by atoms with Crippen molar-refractivity contribution in [1.82, 2.24) is 0 Å². The van der Waals surface area contributed by atoms with Crippen molar-refractivity contribution in [3.63, 3.8) is 0 Å². The Bertz CT molecular complexity index is 475. The molecule has 0 fully saturated rings. The van der Waals surface area contributed by atoms with Crippen LogP contribution in [0.5, 0.6) is 0 Å². The van der Waals surface area contributed by atoms with Gasteiger partial charge in [0.05, 0.1) is 21.2 Å². The van der Waals surface area contributed by atoms with Gasteiger partial charge in [0, 0.05) is 5.46 Å². The smallest absolute Gasteiger partial charge is 0.423 e. The molecule has 0 unspecified atom stereocenters. The summed E-state index contributed by atoms with van der Waals surface area (Å²) in [6.07, 6.45) is 0. The molecule has 19 heavy (non-hydrogen) atoms. The van der Waals surface area contributed by atoms with Crippen LogP contribution in [0.1, 0.15) is 27.7 Å². The third-order valence-corrected chi connectivity index (χ3v) is 3.91. The van der Waals surface area contributed by atoms with E-state index in [0.29, 0.717) is 0 Å². The largest absolute Gasteiger partial charge is 0.494 e. The molecular weight excluding hydrogens is 293 g/mol. The van der Waals surface area contributed by atoms with Gasteiger partial charge in [0.1, 0.15) is 5.82 Å². The summed E-state index contributed by atoms with van der Waals surface area (Å²) in [5.41, 5.74) is -2.45. The van der Waals surface area contributed by atoms with Gasteiger partial charge >= 0.3 is 7.12 Å². The summed E-state index contributed by atoms with van der Waals surface area (Å²) in [5, 5.41) is 20.0. The Morgan fingerprint density at radius 1 is 1.16 bits per heavy atom. The predicted octanol–water partition coefficient (Wildman–Crippen LogP) is 2.39. The van der Waals surface area contributed by atoms with Crippen LogP contribution in [0, 0.1) is 5.82 Å². The van der Waals surface area contributed by atoms with E-state index in [9.17, 15) is 14.5 Å². The second kappa shape index (κ2) is 5.58. The van der Waals surface area contributed by atoms with Crippen LogP contribution in [0.25, 0.3) is 0 Å². The zero-order valence-electron chi connectivity index (χ0n) is 11.2. The molecule has 1 aromatic rings. The Morgan fingerprint density at radius 2 is 1.63 bits per heavy atom. The summed E-state index contributed by atoms with van der Waals surface area (Å²) in [4.78, 5) is 0. The molecule has 1 rings (SSSR count). The van der Waals surface area contributed by atoms with E-state index in [-0.39, 0.29) is 15.5 Å². The fourth-order valence-electron chi connectivity index (χ4n) is 1.21. The summed E-state index contributed by atoms with van der Waals surface area (Å²) in [6, 6.07) is 2.20. The number of hydrogen-bond donors (Lipinski definition) is 2. The molecule has 1 aromatic carbocycles. The van der Waals surface area contributed by atoms with E-state index in [1.54, 1.807) is 13.8 Å². The lowest BCUT2D eigenvalue weighted by Gasteiger charge is -2.38. The average Bonchev–Trinajstić information content (AvgIpc) is 2.20. The minimum absolute atomic E-state index is 0.0527. The molecule has 7 heteroatoms. The Kier molecular flexibility index (Phi) is 4.91. The van der Waals surface area contributed by atoms with Crippen LogP contribution in [0.2, 0.25) is 10.0 Å². The Labute approximate surface area is 122 Å². The fourth-order valence-corrected chi connectivity index (χ4v) is 1.54. The molecular formula is C12H16BCl2FO3. The minimum Gasteiger partial charge on any atom is -0.423 e. The van der Waals surface area contributed by atoms with Crippen molar-refractivity contribution in [3.8, 4) is 0 Å². The highest BCUT2D eigenvalue weighted by molar-refractivity contribution is 6.60. The van der Waals surface area contributed by atoms with Gasteiger partial charge in [0.25, 0.3) is 0 Å². The van der Waals surface area contributed by atoms with E-state index in [1.807, 2.05) is 0 Å². The maximum atomic E-state index is 13.7. The minimum atomic E-state index is -1.56. The lowest BCUT2D eigenvalue weighted by atomic mass is 9.76. The fraction of sp³-hybridized carbons (Fsp3) is 0.500. The summed E-state index contributed by atoms with van der Waals surface area (Å²) >= 11 is 11.4. The van der Waals surface area contributed by atoms with Gasteiger partial charge in [-0.1, -0.05) is 23.2 Å². The van der Waals surface area contributed by atoms with Gasteiger partial charge in [-0.25, -0.2) is 4.39 Å². The second-order valence-electron chi connectivity index (χ2n) is 5.33. The summed E-state index contributed by atoms with van der Waals surface area (Å²) in [6.45, 7) is 6.24. The van der Waals surface area contributed by atoms with Crippen molar-refractivity contribution < 1.29 is 19.2 Å². The predicted molar refractivity (Wildman–Crippen MR) is 75.5 cm³/mol. The van der Waals surface area contributed by atoms with Crippen LogP contribution < -0.4 is 5.46 Å². The number of hydrogen-bond acceptors (Lipinski definition) is 3. The molecule has 106 valence electrons. The SMILES string of the molecule is CC(C)(O)C(C)(C)OB(O)c1cc(Cl)c(Cl)cc1F. The van der Waals surface area contributed by atoms with E-state index in [0.717, 1.165) is 6.07 Å². The third kappa shape index (κ3) is 3.83. The Hall–Kier alpha value is -0.325. The number of benzene rings is 1. The zero-order chi connectivity index (χ0) is 15.0. The molecule has 0 bridgehead atoms. The van der Waals surface area contributed by atoms with Crippen molar-refractivity contribution in [3.05, 3.63) is 28.0 Å². The molecule has 0 amide bonds. The lowest BCUT2D eigenvalue weighted by molar-refractivity contribution is -0.0983. The zero-order valence-corrected chi connectivity index (χ0v) is 12.7. The molecule has 0 aliphatic rings. The van der Waals surface area contributed by atoms with E-state index in [4.69, 9.17) is 27.9 Å². The highest BCUT2D eigenvalue weighted by atomic mass is 35.5. The first-order chi connectivity index (χ1) is 8.45. The normalized spacial score (nSPS) is 12.7. The topological polar surface area (TPSA) is 49.7 Å². The van der Waals surface area contributed by atoms with Crippen molar-refractivity contribution in [2.45, 2.75) is 38.9 Å². The van der Waals surface area contributed by atoms with E-state index in [1.165, 1.54) is 19.9 Å². The van der Waals surface area contributed by atoms with Gasteiger partial charge in [0.2, 0.25) is 0 Å². The highest BCUT2D eigenvalue weighted by Crippen LogP contribution is 2.26. The number of halogens is 3. The molecule has 2 N–H and O–H groups in total. The van der Waals surface area contributed by atoms with Crippen LogP contribution in [-0.4, -0.2) is 28.5 Å². The summed E-state index contributed by atoms with van der Waals surface area (Å²) in [7, 11) is -1.56. The van der Waals surface area contributed by atoms with Gasteiger partial charge < -0.3 is 14.8 Å². The standard InChI is InChI=1S/C12H16BCl2FO3/c1-11(2,17)12(3,4)19-13(18)7-5-8(14)9(15)6-10(7)16/h5-6,17-18H,1-4H3. The quantitative estimate of drug-likeness (QED) is 0.663. The maximum Gasteiger partial charge on any atom is 0.494 e. The average molecular weight is 309 g/mol. The maximum absolute atomic E-state index is 13.7.